The molecule has 1 rings (SSSR count). The van der Waals surface area contributed by atoms with Gasteiger partial charge in [-0.15, -0.1) is 0 Å². The molecule has 0 fully saturated rings. The third kappa shape index (κ3) is 31.6. The van der Waals surface area contributed by atoms with Crippen molar-refractivity contribution in [2.45, 2.75) is 62.3 Å². The van der Waals surface area contributed by atoms with Crippen LogP contribution in [-0.4, -0.2) is 22.9 Å². The summed E-state index contributed by atoms with van der Waals surface area (Å²) >= 11 is 0. The zero-order valence-corrected chi connectivity index (χ0v) is 20.2. The van der Waals surface area contributed by atoms with E-state index in [2.05, 4.69) is 4.98 Å². The molecule has 0 unspecified atom stereocenters. The molecule has 0 saturated carbocycles. The van der Waals surface area contributed by atoms with Crippen molar-refractivity contribution in [1.82, 2.24) is 4.98 Å². The predicted molar refractivity (Wildman–Crippen MR) is 97.6 cm³/mol. The van der Waals surface area contributed by atoms with Crippen molar-refractivity contribution >= 4 is 17.9 Å². The molecule has 163 valence electrons. The Morgan fingerprint density at radius 2 is 0.759 bits per heavy atom. The molecule has 7 nitrogen and oxygen atoms in total. The molecule has 1 heterocycles. The van der Waals surface area contributed by atoms with Crippen LogP contribution in [0.3, 0.4) is 0 Å². The van der Waals surface area contributed by atoms with Gasteiger partial charge in [-0.3, -0.25) is 4.98 Å². The van der Waals surface area contributed by atoms with Crippen molar-refractivity contribution in [2.75, 3.05) is 0 Å². The van der Waals surface area contributed by atoms with Gasteiger partial charge in [0, 0.05) is 46.5 Å². The summed E-state index contributed by atoms with van der Waals surface area (Å²) in [5.74, 6) is -3.02. The molecular weight excluding hydrogens is 416 g/mol. The molecule has 0 saturated heterocycles. The van der Waals surface area contributed by atoms with E-state index in [1.54, 1.807) is 74.7 Å². The van der Waals surface area contributed by atoms with Crippen LogP contribution in [0.25, 0.3) is 0 Å². The van der Waals surface area contributed by atoms with Crippen molar-refractivity contribution in [3.05, 3.63) is 30.6 Å². The van der Waals surface area contributed by atoms with Crippen LogP contribution in [0.1, 0.15) is 62.3 Å². The molecule has 9 heteroatoms. The Labute approximate surface area is 197 Å². The first kappa shape index (κ1) is 38.3. The molecule has 0 aliphatic carbocycles. The average molecular weight is 448 g/mol. The summed E-state index contributed by atoms with van der Waals surface area (Å²) in [6.45, 7) is 14.4. The van der Waals surface area contributed by atoms with Gasteiger partial charge in [0.15, 0.2) is 0 Å². The molecule has 0 N–H and O–H groups in total. The minimum atomic E-state index is -1.01. The molecule has 1 aromatic rings. The summed E-state index contributed by atoms with van der Waals surface area (Å²) in [5.41, 5.74) is -2.08. The second kappa shape index (κ2) is 17.5. The summed E-state index contributed by atoms with van der Waals surface area (Å²) in [6, 6.07) is 5.72. The number of aromatic nitrogens is 1. The molecular formula is C20H32CoLiNO6. The van der Waals surface area contributed by atoms with Crippen LogP contribution in [-0.2, 0) is 31.2 Å². The molecule has 0 aliphatic heterocycles. The SMILES string of the molecule is CC(C)(C)C(=O)[O-].CC(C)(C)C(=O)[O-].CC(C)(C)C(=O)[O-].[Co+2].[Li+].c1ccncc1. The number of nitrogens with zero attached hydrogens (tertiary/aromatic N) is 1. The van der Waals surface area contributed by atoms with Gasteiger partial charge in [0.1, 0.15) is 0 Å². The van der Waals surface area contributed by atoms with Crippen molar-refractivity contribution in [3.63, 3.8) is 0 Å². The topological polar surface area (TPSA) is 133 Å². The fraction of sp³-hybridized carbons (Fsp3) is 0.600. The van der Waals surface area contributed by atoms with E-state index in [1.165, 1.54) is 0 Å². The van der Waals surface area contributed by atoms with E-state index in [0.29, 0.717) is 0 Å². The smallest absolute Gasteiger partial charge is 0.550 e. The number of carboxylic acid groups (broad SMARTS) is 3. The third-order valence-corrected chi connectivity index (χ3v) is 2.40. The number of carbonyl (C=O) groups excluding carboxylic acids is 3. The van der Waals surface area contributed by atoms with Crippen molar-refractivity contribution in [1.29, 1.82) is 0 Å². The second-order valence-corrected chi connectivity index (χ2v) is 8.64. The quantitative estimate of drug-likeness (QED) is 0.399. The van der Waals surface area contributed by atoms with Gasteiger partial charge in [-0.2, -0.15) is 0 Å². The van der Waals surface area contributed by atoms with E-state index in [4.69, 9.17) is 0 Å². The Kier molecular flexibility index (Phi) is 23.1. The average Bonchev–Trinajstić information content (AvgIpc) is 2.48. The van der Waals surface area contributed by atoms with Crippen LogP contribution in [0.5, 0.6) is 0 Å². The summed E-state index contributed by atoms with van der Waals surface area (Å²) in [6.07, 6.45) is 3.50. The first-order valence-electron chi connectivity index (χ1n) is 8.32. The van der Waals surface area contributed by atoms with Crippen LogP contribution in [0.2, 0.25) is 0 Å². The predicted octanol–water partition coefficient (Wildman–Crippen LogP) is -2.57. The van der Waals surface area contributed by atoms with Gasteiger partial charge < -0.3 is 29.7 Å². The molecule has 1 aromatic heterocycles. The summed E-state index contributed by atoms with van der Waals surface area (Å²) in [5, 5.41) is 29.7. The van der Waals surface area contributed by atoms with Gasteiger partial charge in [0.2, 0.25) is 0 Å². The Morgan fingerprint density at radius 1 is 0.586 bits per heavy atom. The van der Waals surface area contributed by atoms with Crippen LogP contribution < -0.4 is 34.2 Å². The number of hydrogen-bond donors (Lipinski definition) is 0. The molecule has 29 heavy (non-hydrogen) atoms. The minimum Gasteiger partial charge on any atom is -0.550 e. The molecule has 0 amide bonds. The largest absolute Gasteiger partial charge is 2.00 e. The van der Waals surface area contributed by atoms with Crippen LogP contribution in [0.4, 0.5) is 0 Å². The molecule has 0 atom stereocenters. The number of pyridine rings is 1. The van der Waals surface area contributed by atoms with Crippen molar-refractivity contribution < 1.29 is 65.3 Å². The van der Waals surface area contributed by atoms with Crippen LogP contribution >= 0.6 is 0 Å². The Hall–Kier alpha value is -1.34. The number of hydrogen-bond acceptors (Lipinski definition) is 7. The van der Waals surface area contributed by atoms with E-state index in [-0.39, 0.29) is 35.6 Å². The molecule has 0 aromatic carbocycles. The Morgan fingerprint density at radius 3 is 0.793 bits per heavy atom. The normalized spacial score (nSPS) is 9.83. The fourth-order valence-corrected chi connectivity index (χ4v) is 0.313. The number of carboxylic acids is 3. The number of aliphatic carboxylic acids is 3. The van der Waals surface area contributed by atoms with E-state index in [1.807, 2.05) is 18.2 Å². The number of rotatable bonds is 0. The van der Waals surface area contributed by atoms with Gasteiger partial charge in [0.05, 0.1) is 0 Å². The van der Waals surface area contributed by atoms with E-state index in [0.717, 1.165) is 0 Å². The van der Waals surface area contributed by atoms with E-state index >= 15 is 0 Å². The van der Waals surface area contributed by atoms with Crippen LogP contribution in [0.15, 0.2) is 30.6 Å². The van der Waals surface area contributed by atoms with Crippen molar-refractivity contribution in [3.8, 4) is 0 Å². The van der Waals surface area contributed by atoms with Gasteiger partial charge in [0.25, 0.3) is 0 Å². The van der Waals surface area contributed by atoms with E-state index < -0.39 is 34.2 Å². The third-order valence-electron chi connectivity index (χ3n) is 2.40. The number of carbonyl (C=O) groups is 3. The maximum absolute atomic E-state index is 9.91. The summed E-state index contributed by atoms with van der Waals surface area (Å²) in [7, 11) is 0. The standard InChI is InChI=1S/C5H5N.3C5H10O2.Co.Li/c1-2-4-6-5-3-1;3*1-5(2,3)4(6)7;;/h1-5H;3*1-3H3,(H,6,7);;/q;;;;+2;+1/p-3. The molecule has 0 aliphatic rings. The first-order valence-corrected chi connectivity index (χ1v) is 8.32. The fourth-order valence-electron chi connectivity index (χ4n) is 0.313. The maximum atomic E-state index is 9.91. The zero-order chi connectivity index (χ0) is 22.5. The first-order chi connectivity index (χ1) is 11.8. The van der Waals surface area contributed by atoms with Crippen molar-refractivity contribution in [2.24, 2.45) is 16.2 Å². The van der Waals surface area contributed by atoms with Gasteiger partial charge in [-0.05, 0) is 12.1 Å². The molecule has 0 bridgehead atoms. The Bertz CT molecular complexity index is 477. The zero-order valence-electron chi connectivity index (χ0n) is 19.1. The monoisotopic (exact) mass is 448 g/mol. The second-order valence-electron chi connectivity index (χ2n) is 8.64. The molecule has 0 spiro atoms. The Balaban J connectivity index is -0.0000000863. The summed E-state index contributed by atoms with van der Waals surface area (Å²) in [4.78, 5) is 33.5. The summed E-state index contributed by atoms with van der Waals surface area (Å²) < 4.78 is 0. The maximum Gasteiger partial charge on any atom is 2.00 e. The van der Waals surface area contributed by atoms with E-state index in [9.17, 15) is 29.7 Å². The van der Waals surface area contributed by atoms with Gasteiger partial charge in [-0.1, -0.05) is 68.4 Å². The van der Waals surface area contributed by atoms with Crippen LogP contribution in [0, 0.1) is 16.2 Å². The van der Waals surface area contributed by atoms with Gasteiger partial charge in [-0.25, -0.2) is 0 Å². The minimum absolute atomic E-state index is 0. The molecule has 1 radical (unpaired) electrons. The van der Waals surface area contributed by atoms with Gasteiger partial charge >= 0.3 is 35.6 Å².